The molecular weight excluding hydrogens is 226 g/mol. The molecule has 1 heterocycles. The van der Waals surface area contributed by atoms with E-state index in [0.29, 0.717) is 13.0 Å². The highest BCUT2D eigenvalue weighted by Crippen LogP contribution is 2.14. The molecule has 1 aliphatic heterocycles. The van der Waals surface area contributed by atoms with E-state index in [1.54, 1.807) is 4.90 Å². The number of carbonyl (C=O) groups is 1. The number of aryl methyl sites for hydroxylation is 2. The number of amides is 1. The van der Waals surface area contributed by atoms with Crippen LogP contribution in [0.5, 0.6) is 0 Å². The molecule has 1 aromatic carbocycles. The van der Waals surface area contributed by atoms with Crippen LogP contribution in [0.1, 0.15) is 29.5 Å². The van der Waals surface area contributed by atoms with Crippen molar-refractivity contribution in [2.24, 2.45) is 0 Å². The Hall–Kier alpha value is -1.35. The molecule has 0 saturated carbocycles. The lowest BCUT2D eigenvalue weighted by Crippen LogP contribution is -2.42. The molecule has 2 rings (SSSR count). The zero-order valence-corrected chi connectivity index (χ0v) is 11.1. The second-order valence-corrected chi connectivity index (χ2v) is 5.23. The first-order valence-electron chi connectivity index (χ1n) is 6.58. The predicted octanol–water partition coefficient (Wildman–Crippen LogP) is 1.83. The van der Waals surface area contributed by atoms with E-state index in [4.69, 9.17) is 0 Å². The van der Waals surface area contributed by atoms with E-state index in [1.807, 2.05) is 6.07 Å². The molecule has 1 aliphatic rings. The second-order valence-electron chi connectivity index (χ2n) is 5.23. The van der Waals surface area contributed by atoms with Crippen molar-refractivity contribution in [1.82, 2.24) is 4.90 Å². The molecular formula is C15H21NO2. The van der Waals surface area contributed by atoms with Crippen LogP contribution in [-0.4, -0.2) is 35.1 Å². The van der Waals surface area contributed by atoms with E-state index in [-0.39, 0.29) is 12.0 Å². The third-order valence-corrected chi connectivity index (χ3v) is 3.68. The van der Waals surface area contributed by atoms with Gasteiger partial charge in [-0.05, 0) is 43.4 Å². The van der Waals surface area contributed by atoms with E-state index in [9.17, 15) is 9.90 Å². The van der Waals surface area contributed by atoms with Crippen molar-refractivity contribution in [3.8, 4) is 0 Å². The summed E-state index contributed by atoms with van der Waals surface area (Å²) in [5.41, 5.74) is 3.53. The van der Waals surface area contributed by atoms with Gasteiger partial charge in [0.15, 0.2) is 0 Å². The Kier molecular flexibility index (Phi) is 4.02. The number of aliphatic hydroxyl groups excluding tert-OH is 1. The molecule has 3 heteroatoms. The number of nitrogens with zero attached hydrogens (tertiary/aromatic N) is 1. The summed E-state index contributed by atoms with van der Waals surface area (Å²) in [7, 11) is 0. The van der Waals surface area contributed by atoms with Gasteiger partial charge in [-0.2, -0.15) is 0 Å². The highest BCUT2D eigenvalue weighted by molar-refractivity contribution is 5.79. The summed E-state index contributed by atoms with van der Waals surface area (Å²) in [6.45, 7) is 5.40. The topological polar surface area (TPSA) is 40.5 Å². The molecule has 1 N–H and O–H groups in total. The summed E-state index contributed by atoms with van der Waals surface area (Å²) in [5.74, 6) is 0.122. The first-order valence-corrected chi connectivity index (χ1v) is 6.58. The van der Waals surface area contributed by atoms with Crippen molar-refractivity contribution in [1.29, 1.82) is 0 Å². The molecule has 0 spiro atoms. The molecule has 1 fully saturated rings. The molecule has 0 aliphatic carbocycles. The standard InChI is InChI=1S/C15H21NO2/c1-11-5-6-13(8-12(11)2)9-15(18)16-7-3-4-14(17)10-16/h5-6,8,14,17H,3-4,7,9-10H2,1-2H3. The summed E-state index contributed by atoms with van der Waals surface area (Å²) >= 11 is 0. The second kappa shape index (κ2) is 5.53. The molecule has 1 amide bonds. The molecule has 18 heavy (non-hydrogen) atoms. The van der Waals surface area contributed by atoms with Crippen LogP contribution in [0.15, 0.2) is 18.2 Å². The monoisotopic (exact) mass is 247 g/mol. The third-order valence-electron chi connectivity index (χ3n) is 3.68. The Bertz CT molecular complexity index is 442. The molecule has 0 aromatic heterocycles. The zero-order chi connectivity index (χ0) is 13.1. The molecule has 98 valence electrons. The quantitative estimate of drug-likeness (QED) is 0.866. The van der Waals surface area contributed by atoms with Gasteiger partial charge in [-0.25, -0.2) is 0 Å². The highest BCUT2D eigenvalue weighted by Gasteiger charge is 2.21. The normalized spacial score (nSPS) is 19.9. The van der Waals surface area contributed by atoms with Crippen molar-refractivity contribution in [3.05, 3.63) is 34.9 Å². The van der Waals surface area contributed by atoms with Gasteiger partial charge in [0.2, 0.25) is 5.91 Å². The highest BCUT2D eigenvalue weighted by atomic mass is 16.3. The van der Waals surface area contributed by atoms with Gasteiger partial charge in [-0.1, -0.05) is 18.2 Å². The molecule has 0 radical (unpaired) electrons. The number of aliphatic hydroxyl groups is 1. The van der Waals surface area contributed by atoms with E-state index >= 15 is 0 Å². The number of hydrogen-bond donors (Lipinski definition) is 1. The van der Waals surface area contributed by atoms with Crippen molar-refractivity contribution in [2.75, 3.05) is 13.1 Å². The molecule has 3 nitrogen and oxygen atoms in total. The van der Waals surface area contributed by atoms with Crippen LogP contribution in [0.25, 0.3) is 0 Å². The molecule has 1 atom stereocenters. The molecule has 1 unspecified atom stereocenters. The number of carbonyl (C=O) groups excluding carboxylic acids is 1. The average Bonchev–Trinajstić information content (AvgIpc) is 2.34. The van der Waals surface area contributed by atoms with Gasteiger partial charge in [0, 0.05) is 13.1 Å². The minimum Gasteiger partial charge on any atom is -0.391 e. The van der Waals surface area contributed by atoms with E-state index in [0.717, 1.165) is 24.9 Å². The number of β-amino-alcohol motifs (C(OH)–C–C–N with tert-alkyl or cyclic N) is 1. The summed E-state index contributed by atoms with van der Waals surface area (Å²) in [5, 5.41) is 9.58. The third kappa shape index (κ3) is 3.10. The fraction of sp³-hybridized carbons (Fsp3) is 0.533. The van der Waals surface area contributed by atoms with Crippen molar-refractivity contribution >= 4 is 5.91 Å². The maximum Gasteiger partial charge on any atom is 0.227 e. The maximum atomic E-state index is 12.1. The van der Waals surface area contributed by atoms with Gasteiger partial charge in [0.1, 0.15) is 0 Å². The number of likely N-dealkylation sites (tertiary alicyclic amines) is 1. The molecule has 0 bridgehead atoms. The summed E-state index contributed by atoms with van der Waals surface area (Å²) in [4.78, 5) is 13.9. The summed E-state index contributed by atoms with van der Waals surface area (Å²) in [6, 6.07) is 6.15. The molecule has 1 saturated heterocycles. The van der Waals surface area contributed by atoms with Crippen LogP contribution in [0, 0.1) is 13.8 Å². The number of benzene rings is 1. The largest absolute Gasteiger partial charge is 0.391 e. The Morgan fingerprint density at radius 3 is 2.83 bits per heavy atom. The first kappa shape index (κ1) is 13.1. The lowest BCUT2D eigenvalue weighted by Gasteiger charge is -2.30. The fourth-order valence-corrected chi connectivity index (χ4v) is 2.38. The van der Waals surface area contributed by atoms with E-state index < -0.39 is 0 Å². The predicted molar refractivity (Wildman–Crippen MR) is 71.4 cm³/mol. The van der Waals surface area contributed by atoms with Crippen LogP contribution in [0.2, 0.25) is 0 Å². The van der Waals surface area contributed by atoms with Crippen molar-refractivity contribution in [3.63, 3.8) is 0 Å². The van der Waals surface area contributed by atoms with Gasteiger partial charge in [-0.15, -0.1) is 0 Å². The molecule has 1 aromatic rings. The van der Waals surface area contributed by atoms with Crippen LogP contribution in [0.4, 0.5) is 0 Å². The minimum absolute atomic E-state index is 0.122. The Morgan fingerprint density at radius 1 is 1.39 bits per heavy atom. The summed E-state index contributed by atoms with van der Waals surface area (Å²) < 4.78 is 0. The van der Waals surface area contributed by atoms with Crippen LogP contribution in [-0.2, 0) is 11.2 Å². The smallest absolute Gasteiger partial charge is 0.227 e. The summed E-state index contributed by atoms with van der Waals surface area (Å²) in [6.07, 6.45) is 1.81. The lowest BCUT2D eigenvalue weighted by molar-refractivity contribution is -0.133. The lowest BCUT2D eigenvalue weighted by atomic mass is 10.0. The number of hydrogen-bond acceptors (Lipinski definition) is 2. The Balaban J connectivity index is 2.00. The van der Waals surface area contributed by atoms with Crippen molar-refractivity contribution in [2.45, 2.75) is 39.2 Å². The SMILES string of the molecule is Cc1ccc(CC(=O)N2CCCC(O)C2)cc1C. The average molecular weight is 247 g/mol. The Morgan fingerprint density at radius 2 is 2.17 bits per heavy atom. The first-order chi connectivity index (χ1) is 8.56. The van der Waals surface area contributed by atoms with Crippen LogP contribution >= 0.6 is 0 Å². The Labute approximate surface area is 108 Å². The van der Waals surface area contributed by atoms with Crippen LogP contribution in [0.3, 0.4) is 0 Å². The van der Waals surface area contributed by atoms with Gasteiger partial charge >= 0.3 is 0 Å². The fourth-order valence-electron chi connectivity index (χ4n) is 2.38. The van der Waals surface area contributed by atoms with Gasteiger partial charge in [-0.3, -0.25) is 4.79 Å². The van der Waals surface area contributed by atoms with E-state index in [1.165, 1.54) is 11.1 Å². The van der Waals surface area contributed by atoms with Crippen LogP contribution < -0.4 is 0 Å². The number of piperidine rings is 1. The minimum atomic E-state index is -0.345. The maximum absolute atomic E-state index is 12.1. The zero-order valence-electron chi connectivity index (χ0n) is 11.1. The number of rotatable bonds is 2. The van der Waals surface area contributed by atoms with Gasteiger partial charge in [0.25, 0.3) is 0 Å². The van der Waals surface area contributed by atoms with Gasteiger partial charge < -0.3 is 10.0 Å². The van der Waals surface area contributed by atoms with E-state index in [2.05, 4.69) is 26.0 Å². The van der Waals surface area contributed by atoms with Gasteiger partial charge in [0.05, 0.1) is 12.5 Å². The van der Waals surface area contributed by atoms with Crippen molar-refractivity contribution < 1.29 is 9.90 Å².